The quantitative estimate of drug-likeness (QED) is 0.745. The predicted molar refractivity (Wildman–Crippen MR) is 61.6 cm³/mol. The smallest absolute Gasteiger partial charge is 0.266 e. The van der Waals surface area contributed by atoms with Crippen LogP contribution in [0.5, 0.6) is 0 Å². The van der Waals surface area contributed by atoms with Crippen LogP contribution >= 0.6 is 11.3 Å². The van der Waals surface area contributed by atoms with Crippen LogP contribution in [0, 0.1) is 0 Å². The Morgan fingerprint density at radius 3 is 3.12 bits per heavy atom. The van der Waals surface area contributed by atoms with Crippen molar-refractivity contribution in [2.24, 2.45) is 0 Å². The molecular formula is C11H12N2O2S. The van der Waals surface area contributed by atoms with E-state index in [-0.39, 0.29) is 17.9 Å². The second-order valence-electron chi connectivity index (χ2n) is 4.16. The first-order valence-electron chi connectivity index (χ1n) is 5.47. The molecule has 2 aliphatic rings. The molecule has 2 aliphatic heterocycles. The molecule has 0 bridgehead atoms. The fourth-order valence-electron chi connectivity index (χ4n) is 2.37. The van der Waals surface area contributed by atoms with Crippen molar-refractivity contribution in [2.75, 3.05) is 11.9 Å². The maximum Gasteiger partial charge on any atom is 0.266 e. The van der Waals surface area contributed by atoms with E-state index in [0.717, 1.165) is 19.3 Å². The van der Waals surface area contributed by atoms with Crippen LogP contribution in [-0.4, -0.2) is 29.3 Å². The monoisotopic (exact) mass is 236 g/mol. The Morgan fingerprint density at radius 1 is 1.38 bits per heavy atom. The van der Waals surface area contributed by atoms with Crippen molar-refractivity contribution in [2.45, 2.75) is 25.3 Å². The number of anilines is 1. The average molecular weight is 236 g/mol. The molecule has 1 aromatic rings. The van der Waals surface area contributed by atoms with E-state index in [1.54, 1.807) is 11.0 Å². The van der Waals surface area contributed by atoms with Gasteiger partial charge in [0, 0.05) is 6.54 Å². The molecule has 5 heteroatoms. The summed E-state index contributed by atoms with van der Waals surface area (Å²) >= 11 is 1.40. The summed E-state index contributed by atoms with van der Waals surface area (Å²) in [7, 11) is 0. The van der Waals surface area contributed by atoms with E-state index in [1.807, 2.05) is 5.38 Å². The minimum atomic E-state index is -0.263. The van der Waals surface area contributed by atoms with Gasteiger partial charge in [-0.1, -0.05) is 0 Å². The molecule has 3 rings (SSSR count). The summed E-state index contributed by atoms with van der Waals surface area (Å²) in [5, 5.41) is 4.68. The first-order chi connectivity index (χ1) is 7.77. The van der Waals surface area contributed by atoms with Crippen LogP contribution in [0.1, 0.15) is 28.9 Å². The van der Waals surface area contributed by atoms with Crippen LogP contribution in [0.15, 0.2) is 11.4 Å². The Bertz CT molecular complexity index is 455. The second-order valence-corrected chi connectivity index (χ2v) is 5.08. The standard InChI is InChI=1S/C11H12N2O2S/c14-10-8-3-1-2-5-13(8)11(15)9-7(12-10)4-6-16-9/h4,6,8H,1-3,5H2,(H,12,14). The molecule has 0 spiro atoms. The van der Waals surface area contributed by atoms with Gasteiger partial charge in [-0.15, -0.1) is 11.3 Å². The van der Waals surface area contributed by atoms with Gasteiger partial charge < -0.3 is 10.2 Å². The predicted octanol–water partition coefficient (Wildman–Crippen LogP) is 1.69. The highest BCUT2D eigenvalue weighted by Gasteiger charge is 2.37. The molecule has 2 amide bonds. The first-order valence-corrected chi connectivity index (χ1v) is 6.34. The van der Waals surface area contributed by atoms with E-state index >= 15 is 0 Å². The molecule has 0 aromatic carbocycles. The lowest BCUT2D eigenvalue weighted by molar-refractivity contribution is -0.121. The topological polar surface area (TPSA) is 49.4 Å². The van der Waals surface area contributed by atoms with Crippen LogP contribution in [0.25, 0.3) is 0 Å². The molecule has 1 unspecified atom stereocenters. The SMILES string of the molecule is O=C1Nc2ccsc2C(=O)N2CCCCC12. The Kier molecular flexibility index (Phi) is 2.21. The third-order valence-corrected chi connectivity index (χ3v) is 4.09. The molecule has 1 N–H and O–H groups in total. The Hall–Kier alpha value is -1.36. The number of nitrogens with one attached hydrogen (secondary N) is 1. The molecule has 84 valence electrons. The lowest BCUT2D eigenvalue weighted by Crippen LogP contribution is -2.47. The van der Waals surface area contributed by atoms with E-state index in [1.165, 1.54) is 11.3 Å². The van der Waals surface area contributed by atoms with Gasteiger partial charge in [-0.2, -0.15) is 0 Å². The average Bonchev–Trinajstić information content (AvgIpc) is 2.72. The fraction of sp³-hybridized carbons (Fsp3) is 0.455. The molecule has 4 nitrogen and oxygen atoms in total. The highest BCUT2D eigenvalue weighted by molar-refractivity contribution is 7.12. The minimum absolute atomic E-state index is 0.00745. The highest BCUT2D eigenvalue weighted by Crippen LogP contribution is 2.31. The Balaban J connectivity index is 2.05. The van der Waals surface area contributed by atoms with E-state index in [4.69, 9.17) is 0 Å². The zero-order valence-corrected chi connectivity index (χ0v) is 9.55. The van der Waals surface area contributed by atoms with Gasteiger partial charge in [0.2, 0.25) is 5.91 Å². The van der Waals surface area contributed by atoms with Crippen molar-refractivity contribution in [1.82, 2.24) is 4.90 Å². The number of carbonyl (C=O) groups excluding carboxylic acids is 2. The Labute approximate surface area is 97.2 Å². The summed E-state index contributed by atoms with van der Waals surface area (Å²) in [6, 6.07) is 1.54. The third kappa shape index (κ3) is 1.35. The summed E-state index contributed by atoms with van der Waals surface area (Å²) in [4.78, 5) is 26.6. The zero-order chi connectivity index (χ0) is 11.1. The maximum atomic E-state index is 12.2. The summed E-state index contributed by atoms with van der Waals surface area (Å²) in [6.07, 6.45) is 2.80. The van der Waals surface area contributed by atoms with Crippen molar-refractivity contribution < 1.29 is 9.59 Å². The van der Waals surface area contributed by atoms with Gasteiger partial charge in [0.25, 0.3) is 5.91 Å². The molecule has 1 fully saturated rings. The van der Waals surface area contributed by atoms with Crippen LogP contribution in [0.4, 0.5) is 5.69 Å². The van der Waals surface area contributed by atoms with Gasteiger partial charge >= 0.3 is 0 Å². The van der Waals surface area contributed by atoms with Crippen LogP contribution in [0.2, 0.25) is 0 Å². The molecule has 1 atom stereocenters. The number of piperidine rings is 1. The molecule has 0 aliphatic carbocycles. The normalized spacial score (nSPS) is 24.5. The number of fused-ring (bicyclic) bond motifs is 2. The lowest BCUT2D eigenvalue weighted by Gasteiger charge is -2.32. The van der Waals surface area contributed by atoms with Crippen molar-refractivity contribution in [1.29, 1.82) is 0 Å². The molecule has 1 aromatic heterocycles. The maximum absolute atomic E-state index is 12.2. The number of rotatable bonds is 0. The summed E-state index contributed by atoms with van der Waals surface area (Å²) in [5.74, 6) is -0.0294. The van der Waals surface area contributed by atoms with Crippen LogP contribution < -0.4 is 5.32 Å². The van der Waals surface area contributed by atoms with Crippen molar-refractivity contribution in [3.63, 3.8) is 0 Å². The first kappa shape index (κ1) is 9.84. The van der Waals surface area contributed by atoms with Gasteiger partial charge in [-0.25, -0.2) is 0 Å². The second kappa shape index (κ2) is 3.59. The van der Waals surface area contributed by atoms with E-state index in [9.17, 15) is 9.59 Å². The van der Waals surface area contributed by atoms with Gasteiger partial charge in [0.1, 0.15) is 10.9 Å². The number of nitrogens with zero attached hydrogens (tertiary/aromatic N) is 1. The lowest BCUT2D eigenvalue weighted by atomic mass is 10.0. The number of amides is 2. The molecule has 0 radical (unpaired) electrons. The third-order valence-electron chi connectivity index (χ3n) is 3.18. The van der Waals surface area contributed by atoms with Gasteiger partial charge in [-0.3, -0.25) is 9.59 Å². The van der Waals surface area contributed by atoms with Crippen molar-refractivity contribution in [3.05, 3.63) is 16.3 Å². The summed E-state index contributed by atoms with van der Waals surface area (Å²) < 4.78 is 0. The van der Waals surface area contributed by atoms with E-state index in [0.29, 0.717) is 17.1 Å². The van der Waals surface area contributed by atoms with E-state index in [2.05, 4.69) is 5.32 Å². The number of carbonyl (C=O) groups is 2. The van der Waals surface area contributed by atoms with Crippen molar-refractivity contribution in [3.8, 4) is 0 Å². The number of hydrogen-bond donors (Lipinski definition) is 1. The summed E-state index contributed by atoms with van der Waals surface area (Å²) in [6.45, 7) is 0.703. The minimum Gasteiger partial charge on any atom is -0.326 e. The molecular weight excluding hydrogens is 224 g/mol. The molecule has 0 saturated carbocycles. The van der Waals surface area contributed by atoms with Crippen LogP contribution in [-0.2, 0) is 4.79 Å². The van der Waals surface area contributed by atoms with Gasteiger partial charge in [-0.05, 0) is 30.7 Å². The molecule has 16 heavy (non-hydrogen) atoms. The molecule has 1 saturated heterocycles. The van der Waals surface area contributed by atoms with Crippen LogP contribution in [0.3, 0.4) is 0 Å². The van der Waals surface area contributed by atoms with Gasteiger partial charge in [0.15, 0.2) is 0 Å². The number of hydrogen-bond acceptors (Lipinski definition) is 3. The van der Waals surface area contributed by atoms with Crippen molar-refractivity contribution >= 4 is 28.8 Å². The number of thiophene rings is 1. The largest absolute Gasteiger partial charge is 0.326 e. The zero-order valence-electron chi connectivity index (χ0n) is 8.73. The fourth-order valence-corrected chi connectivity index (χ4v) is 3.17. The molecule has 3 heterocycles. The highest BCUT2D eigenvalue weighted by atomic mass is 32.1. The summed E-state index contributed by atoms with van der Waals surface area (Å²) in [5.41, 5.74) is 0.675. The van der Waals surface area contributed by atoms with Gasteiger partial charge in [0.05, 0.1) is 5.69 Å². The Morgan fingerprint density at radius 2 is 2.25 bits per heavy atom. The van der Waals surface area contributed by atoms with E-state index < -0.39 is 0 Å².